The largest absolute Gasteiger partial charge is 0.475 e. The predicted molar refractivity (Wildman–Crippen MR) is 56.2 cm³/mol. The highest BCUT2D eigenvalue weighted by Crippen LogP contribution is 2.15. The molecular formula is C9H12N2O4S. The molecule has 1 aromatic rings. The molecule has 1 heterocycles. The van der Waals surface area contributed by atoms with Gasteiger partial charge in [0.2, 0.25) is 5.82 Å². The molecule has 0 amide bonds. The summed E-state index contributed by atoms with van der Waals surface area (Å²) < 4.78 is 22.6. The topological polar surface area (TPSA) is 97.2 Å². The molecule has 0 fully saturated rings. The third-order valence-electron chi connectivity index (χ3n) is 1.89. The molecule has 1 N–H and O–H groups in total. The lowest BCUT2D eigenvalue weighted by molar-refractivity contribution is 0.0682. The van der Waals surface area contributed by atoms with Crippen LogP contribution in [0.2, 0.25) is 0 Å². The minimum atomic E-state index is -3.53. The van der Waals surface area contributed by atoms with Crippen LogP contribution in [-0.2, 0) is 9.84 Å². The Kier molecular flexibility index (Phi) is 3.27. The molecule has 0 aliphatic heterocycles. The van der Waals surface area contributed by atoms with E-state index in [1.165, 1.54) is 6.07 Å². The van der Waals surface area contributed by atoms with Gasteiger partial charge < -0.3 is 5.11 Å². The van der Waals surface area contributed by atoms with Crippen molar-refractivity contribution in [3.8, 4) is 0 Å². The highest BCUT2D eigenvalue weighted by atomic mass is 32.2. The van der Waals surface area contributed by atoms with E-state index < -0.39 is 21.6 Å². The fourth-order valence-electron chi connectivity index (χ4n) is 1.02. The van der Waals surface area contributed by atoms with E-state index in [9.17, 15) is 13.2 Å². The maximum Gasteiger partial charge on any atom is 0.373 e. The highest BCUT2D eigenvalue weighted by Gasteiger charge is 2.17. The number of carbonyl (C=O) groups is 1. The van der Waals surface area contributed by atoms with Crippen LogP contribution in [0.1, 0.15) is 36.1 Å². The summed E-state index contributed by atoms with van der Waals surface area (Å²) in [6.45, 7) is 3.58. The van der Waals surface area contributed by atoms with Crippen molar-refractivity contribution < 1.29 is 18.3 Å². The fraction of sp³-hybridized carbons (Fsp3) is 0.444. The molecule has 1 aromatic heterocycles. The number of rotatable bonds is 3. The third kappa shape index (κ3) is 2.75. The molecule has 0 bridgehead atoms. The highest BCUT2D eigenvalue weighted by molar-refractivity contribution is 7.90. The van der Waals surface area contributed by atoms with Gasteiger partial charge >= 0.3 is 5.97 Å². The first-order valence-electron chi connectivity index (χ1n) is 4.54. The number of aromatic nitrogens is 2. The Labute approximate surface area is 93.3 Å². The lowest BCUT2D eigenvalue weighted by Crippen LogP contribution is -2.12. The van der Waals surface area contributed by atoms with Gasteiger partial charge in [-0.25, -0.2) is 23.2 Å². The summed E-state index contributed by atoms with van der Waals surface area (Å²) in [5.74, 6) is -1.90. The van der Waals surface area contributed by atoms with Crippen LogP contribution >= 0.6 is 0 Å². The summed E-state index contributed by atoms with van der Waals surface area (Å²) in [7, 11) is -3.53. The van der Waals surface area contributed by atoms with E-state index in [4.69, 9.17) is 5.11 Å². The molecule has 0 saturated heterocycles. The summed E-state index contributed by atoms with van der Waals surface area (Å²) in [5.41, 5.74) is 0.396. The fourth-order valence-corrected chi connectivity index (χ4v) is 1.61. The van der Waals surface area contributed by atoms with Gasteiger partial charge in [-0.3, -0.25) is 0 Å². The summed E-state index contributed by atoms with van der Waals surface area (Å²) in [4.78, 5) is 18.0. The third-order valence-corrected chi connectivity index (χ3v) is 2.85. The Morgan fingerprint density at radius 2 is 1.94 bits per heavy atom. The van der Waals surface area contributed by atoms with Crippen LogP contribution < -0.4 is 0 Å². The Hall–Kier alpha value is -1.50. The van der Waals surface area contributed by atoms with Crippen molar-refractivity contribution in [1.29, 1.82) is 0 Å². The number of aromatic carboxylic acids is 1. The predicted octanol–water partition coefficient (Wildman–Crippen LogP) is 0.702. The maximum atomic E-state index is 11.3. The molecule has 16 heavy (non-hydrogen) atoms. The normalized spacial score (nSPS) is 11.8. The summed E-state index contributed by atoms with van der Waals surface area (Å²) in [5, 5.41) is 8.50. The zero-order chi connectivity index (χ0) is 12.5. The molecule has 0 aliphatic carbocycles. The molecular weight excluding hydrogens is 232 g/mol. The summed E-state index contributed by atoms with van der Waals surface area (Å²) >= 11 is 0. The Morgan fingerprint density at radius 1 is 1.38 bits per heavy atom. The number of carboxylic acids is 1. The SMILES string of the molecule is CC(C)c1cc(S(C)(=O)=O)nc(C(=O)O)n1. The molecule has 1 rings (SSSR count). The second-order valence-electron chi connectivity index (χ2n) is 3.69. The first kappa shape index (κ1) is 12.6. The summed E-state index contributed by atoms with van der Waals surface area (Å²) in [6.07, 6.45) is 0.977. The van der Waals surface area contributed by atoms with Crippen molar-refractivity contribution in [2.75, 3.05) is 6.26 Å². The van der Waals surface area contributed by atoms with Gasteiger partial charge in [-0.2, -0.15) is 0 Å². The van der Waals surface area contributed by atoms with Crippen molar-refractivity contribution in [3.63, 3.8) is 0 Å². The molecule has 7 heteroatoms. The van der Waals surface area contributed by atoms with Crippen LogP contribution in [0.5, 0.6) is 0 Å². The van der Waals surface area contributed by atoms with Gasteiger partial charge in [-0.05, 0) is 12.0 Å². The van der Waals surface area contributed by atoms with Crippen molar-refractivity contribution in [1.82, 2.24) is 9.97 Å². The lowest BCUT2D eigenvalue weighted by Gasteiger charge is -2.07. The van der Waals surface area contributed by atoms with Gasteiger partial charge in [0.25, 0.3) is 0 Å². The summed E-state index contributed by atoms with van der Waals surface area (Å²) in [6, 6.07) is 1.30. The average Bonchev–Trinajstić information content (AvgIpc) is 2.15. The Morgan fingerprint density at radius 3 is 2.31 bits per heavy atom. The molecule has 0 unspecified atom stereocenters. The Balaban J connectivity index is 3.48. The van der Waals surface area contributed by atoms with Crippen molar-refractivity contribution in [3.05, 3.63) is 17.6 Å². The molecule has 6 nitrogen and oxygen atoms in total. The minimum Gasteiger partial charge on any atom is -0.475 e. The van der Waals surface area contributed by atoms with Gasteiger partial charge in [-0.1, -0.05) is 13.8 Å². The van der Waals surface area contributed by atoms with Gasteiger partial charge in [0.05, 0.1) is 0 Å². The maximum absolute atomic E-state index is 11.3. The van der Waals surface area contributed by atoms with E-state index in [0.29, 0.717) is 5.69 Å². The number of hydrogen-bond acceptors (Lipinski definition) is 5. The Bertz CT molecular complexity index is 522. The lowest BCUT2D eigenvalue weighted by atomic mass is 10.1. The van der Waals surface area contributed by atoms with E-state index in [1.54, 1.807) is 13.8 Å². The minimum absolute atomic E-state index is 0.0680. The molecule has 0 saturated carbocycles. The molecule has 0 radical (unpaired) electrons. The molecule has 0 aromatic carbocycles. The number of nitrogens with zero attached hydrogens (tertiary/aromatic N) is 2. The van der Waals surface area contributed by atoms with E-state index in [1.807, 2.05) is 0 Å². The van der Waals surface area contributed by atoms with Crippen molar-refractivity contribution in [2.24, 2.45) is 0 Å². The van der Waals surface area contributed by atoms with Gasteiger partial charge in [0.15, 0.2) is 14.9 Å². The molecule has 0 atom stereocenters. The standard InChI is InChI=1S/C9H12N2O4S/c1-5(2)6-4-7(16(3,14)15)11-8(10-6)9(12)13/h4-5H,1-3H3,(H,12,13). The number of sulfone groups is 1. The average molecular weight is 244 g/mol. The zero-order valence-electron chi connectivity index (χ0n) is 9.13. The smallest absolute Gasteiger partial charge is 0.373 e. The van der Waals surface area contributed by atoms with Crippen LogP contribution in [0.25, 0.3) is 0 Å². The first-order valence-corrected chi connectivity index (χ1v) is 6.43. The van der Waals surface area contributed by atoms with Crippen LogP contribution in [0.4, 0.5) is 0 Å². The van der Waals surface area contributed by atoms with E-state index >= 15 is 0 Å². The zero-order valence-corrected chi connectivity index (χ0v) is 9.95. The van der Waals surface area contributed by atoms with Crippen molar-refractivity contribution >= 4 is 15.8 Å². The van der Waals surface area contributed by atoms with Crippen LogP contribution in [-0.4, -0.2) is 35.7 Å². The van der Waals surface area contributed by atoms with Crippen molar-refractivity contribution in [2.45, 2.75) is 24.8 Å². The van der Waals surface area contributed by atoms with E-state index in [0.717, 1.165) is 6.26 Å². The molecule has 88 valence electrons. The van der Waals surface area contributed by atoms with Gasteiger partial charge in [0.1, 0.15) is 0 Å². The quantitative estimate of drug-likeness (QED) is 0.786. The molecule has 0 spiro atoms. The van der Waals surface area contributed by atoms with Gasteiger partial charge in [0, 0.05) is 11.9 Å². The molecule has 0 aliphatic rings. The second-order valence-corrected chi connectivity index (χ2v) is 5.65. The first-order chi connectivity index (χ1) is 7.21. The van der Waals surface area contributed by atoms with E-state index in [-0.39, 0.29) is 10.9 Å². The van der Waals surface area contributed by atoms with Crippen LogP contribution in [0.3, 0.4) is 0 Å². The number of carboxylic acid groups (broad SMARTS) is 1. The van der Waals surface area contributed by atoms with Crippen LogP contribution in [0, 0.1) is 0 Å². The van der Waals surface area contributed by atoms with Crippen LogP contribution in [0.15, 0.2) is 11.1 Å². The number of hydrogen-bond donors (Lipinski definition) is 1. The van der Waals surface area contributed by atoms with Gasteiger partial charge in [-0.15, -0.1) is 0 Å². The second kappa shape index (κ2) is 4.17. The van der Waals surface area contributed by atoms with E-state index in [2.05, 4.69) is 9.97 Å². The monoisotopic (exact) mass is 244 g/mol.